The molecule has 2 fully saturated rings. The third-order valence-corrected chi connectivity index (χ3v) is 3.06. The third-order valence-electron chi connectivity index (χ3n) is 3.06. The van der Waals surface area contributed by atoms with Gasteiger partial charge in [-0.15, -0.1) is 0 Å². The Kier molecular flexibility index (Phi) is 1.75. The average Bonchev–Trinajstić information content (AvgIpc) is 2.91. The first-order valence-electron chi connectivity index (χ1n) is 5.29. The van der Waals surface area contributed by atoms with Crippen LogP contribution in [0.25, 0.3) is 0 Å². The van der Waals surface area contributed by atoms with Crippen molar-refractivity contribution in [3.63, 3.8) is 0 Å². The van der Waals surface area contributed by atoms with Crippen molar-refractivity contribution in [2.75, 3.05) is 6.54 Å². The molecule has 1 saturated carbocycles. The number of carbonyl (C=O) groups is 1. The van der Waals surface area contributed by atoms with Crippen LogP contribution >= 0.6 is 0 Å². The van der Waals surface area contributed by atoms with Crippen molar-refractivity contribution >= 4 is 6.09 Å². The lowest BCUT2D eigenvalue weighted by Gasteiger charge is -2.12. The number of benzene rings is 1. The number of nitrogens with zero attached hydrogens (tertiary/aromatic N) is 1. The predicted molar refractivity (Wildman–Crippen MR) is 55.3 cm³/mol. The van der Waals surface area contributed by atoms with Gasteiger partial charge in [0.05, 0.1) is 6.54 Å². The van der Waals surface area contributed by atoms with Crippen LogP contribution in [0.15, 0.2) is 30.3 Å². The molecule has 0 N–H and O–H groups in total. The molecule has 1 heterocycles. The molecule has 1 amide bonds. The van der Waals surface area contributed by atoms with E-state index < -0.39 is 0 Å². The Labute approximate surface area is 88.6 Å². The standard InChI is InChI=1S/C12H13NO2/c14-11-13(9-12(15-11)6-7-12)8-10-4-2-1-3-5-10/h1-5H,6-9H2. The monoisotopic (exact) mass is 203 g/mol. The molecule has 0 aromatic heterocycles. The summed E-state index contributed by atoms with van der Waals surface area (Å²) >= 11 is 0. The molecule has 1 aliphatic heterocycles. The number of carbonyl (C=O) groups excluding carboxylic acids is 1. The molecule has 1 spiro atoms. The van der Waals surface area contributed by atoms with Gasteiger partial charge in [-0.3, -0.25) is 4.90 Å². The molecule has 1 aromatic carbocycles. The Bertz CT molecular complexity index is 384. The highest BCUT2D eigenvalue weighted by molar-refractivity contribution is 5.71. The quantitative estimate of drug-likeness (QED) is 0.737. The maximum atomic E-state index is 11.5. The summed E-state index contributed by atoms with van der Waals surface area (Å²) in [5.74, 6) is 0. The Hall–Kier alpha value is -1.51. The van der Waals surface area contributed by atoms with Gasteiger partial charge in [0, 0.05) is 6.54 Å². The Morgan fingerprint density at radius 1 is 1.27 bits per heavy atom. The average molecular weight is 203 g/mol. The minimum Gasteiger partial charge on any atom is -0.441 e. The Morgan fingerprint density at radius 2 is 2.00 bits per heavy atom. The van der Waals surface area contributed by atoms with Crippen LogP contribution in [0.2, 0.25) is 0 Å². The van der Waals surface area contributed by atoms with Crippen LogP contribution in [0.5, 0.6) is 0 Å². The molecule has 3 nitrogen and oxygen atoms in total. The molecule has 3 heteroatoms. The van der Waals surface area contributed by atoms with E-state index >= 15 is 0 Å². The van der Waals surface area contributed by atoms with E-state index in [0.717, 1.165) is 24.9 Å². The van der Waals surface area contributed by atoms with Gasteiger partial charge >= 0.3 is 6.09 Å². The number of hydrogen-bond acceptors (Lipinski definition) is 2. The molecule has 3 rings (SSSR count). The van der Waals surface area contributed by atoms with E-state index in [9.17, 15) is 4.79 Å². The highest BCUT2D eigenvalue weighted by atomic mass is 16.6. The van der Waals surface area contributed by atoms with E-state index in [1.807, 2.05) is 30.3 Å². The van der Waals surface area contributed by atoms with Crippen molar-refractivity contribution in [2.24, 2.45) is 0 Å². The molecular weight excluding hydrogens is 190 g/mol. The number of ether oxygens (including phenoxy) is 1. The fourth-order valence-electron chi connectivity index (χ4n) is 2.02. The summed E-state index contributed by atoms with van der Waals surface area (Å²) in [6.45, 7) is 1.43. The van der Waals surface area contributed by atoms with Crippen LogP contribution in [0.3, 0.4) is 0 Å². The maximum Gasteiger partial charge on any atom is 0.410 e. The van der Waals surface area contributed by atoms with E-state index in [1.54, 1.807) is 4.90 Å². The van der Waals surface area contributed by atoms with Gasteiger partial charge in [-0.05, 0) is 18.4 Å². The van der Waals surface area contributed by atoms with Crippen molar-refractivity contribution in [2.45, 2.75) is 25.0 Å². The van der Waals surface area contributed by atoms with E-state index in [0.29, 0.717) is 6.54 Å². The van der Waals surface area contributed by atoms with E-state index in [2.05, 4.69) is 0 Å². The van der Waals surface area contributed by atoms with Crippen LogP contribution in [0, 0.1) is 0 Å². The van der Waals surface area contributed by atoms with E-state index in [4.69, 9.17) is 4.74 Å². The van der Waals surface area contributed by atoms with Crippen molar-refractivity contribution < 1.29 is 9.53 Å². The molecular formula is C12H13NO2. The topological polar surface area (TPSA) is 29.5 Å². The van der Waals surface area contributed by atoms with Gasteiger partial charge in [-0.2, -0.15) is 0 Å². The van der Waals surface area contributed by atoms with Gasteiger partial charge in [0.1, 0.15) is 5.60 Å². The van der Waals surface area contributed by atoms with Gasteiger partial charge in [-0.1, -0.05) is 30.3 Å². The fraction of sp³-hybridized carbons (Fsp3) is 0.417. The van der Waals surface area contributed by atoms with Crippen LogP contribution in [-0.2, 0) is 11.3 Å². The zero-order valence-electron chi connectivity index (χ0n) is 8.48. The third kappa shape index (κ3) is 1.58. The van der Waals surface area contributed by atoms with Crippen LogP contribution < -0.4 is 0 Å². The first-order chi connectivity index (χ1) is 7.27. The molecule has 78 valence electrons. The van der Waals surface area contributed by atoms with E-state index in [-0.39, 0.29) is 11.7 Å². The van der Waals surface area contributed by atoms with Crippen molar-refractivity contribution in [1.82, 2.24) is 4.90 Å². The zero-order chi connectivity index (χ0) is 10.3. The van der Waals surface area contributed by atoms with E-state index in [1.165, 1.54) is 0 Å². The van der Waals surface area contributed by atoms with Crippen molar-refractivity contribution in [3.05, 3.63) is 35.9 Å². The summed E-state index contributed by atoms with van der Waals surface area (Å²) in [7, 11) is 0. The summed E-state index contributed by atoms with van der Waals surface area (Å²) < 4.78 is 5.33. The lowest BCUT2D eigenvalue weighted by molar-refractivity contribution is 0.122. The van der Waals surface area contributed by atoms with Crippen molar-refractivity contribution in [1.29, 1.82) is 0 Å². The summed E-state index contributed by atoms with van der Waals surface area (Å²) in [6, 6.07) is 10.0. The largest absolute Gasteiger partial charge is 0.441 e. The van der Waals surface area contributed by atoms with Crippen LogP contribution in [0.1, 0.15) is 18.4 Å². The SMILES string of the molecule is O=C1OC2(CC2)CN1Cc1ccccc1. The highest BCUT2D eigenvalue weighted by Gasteiger charge is 2.54. The number of hydrogen-bond donors (Lipinski definition) is 0. The first-order valence-corrected chi connectivity index (χ1v) is 5.29. The molecule has 15 heavy (non-hydrogen) atoms. The number of rotatable bonds is 2. The lowest BCUT2D eigenvalue weighted by Crippen LogP contribution is -2.24. The molecule has 0 bridgehead atoms. The Balaban J connectivity index is 1.71. The lowest BCUT2D eigenvalue weighted by atomic mass is 10.2. The van der Waals surface area contributed by atoms with Gasteiger partial charge in [-0.25, -0.2) is 4.79 Å². The smallest absolute Gasteiger partial charge is 0.410 e. The maximum absolute atomic E-state index is 11.5. The first kappa shape index (κ1) is 8.77. The van der Waals surface area contributed by atoms with Crippen molar-refractivity contribution in [3.8, 4) is 0 Å². The van der Waals surface area contributed by atoms with Gasteiger partial charge < -0.3 is 4.74 Å². The second-order valence-electron chi connectivity index (χ2n) is 4.39. The fourth-order valence-corrected chi connectivity index (χ4v) is 2.02. The second-order valence-corrected chi connectivity index (χ2v) is 4.39. The molecule has 0 unspecified atom stereocenters. The summed E-state index contributed by atoms with van der Waals surface area (Å²) in [4.78, 5) is 13.3. The zero-order valence-corrected chi connectivity index (χ0v) is 8.48. The van der Waals surface area contributed by atoms with Gasteiger partial charge in [0.25, 0.3) is 0 Å². The van der Waals surface area contributed by atoms with Crippen LogP contribution in [0.4, 0.5) is 4.79 Å². The van der Waals surface area contributed by atoms with Gasteiger partial charge in [0.2, 0.25) is 0 Å². The Morgan fingerprint density at radius 3 is 2.60 bits per heavy atom. The molecule has 1 saturated heterocycles. The normalized spacial score (nSPS) is 21.9. The predicted octanol–water partition coefficient (Wildman–Crippen LogP) is 2.17. The number of amides is 1. The molecule has 1 aliphatic carbocycles. The minimum atomic E-state index is -0.156. The minimum absolute atomic E-state index is 0.105. The molecule has 2 aliphatic rings. The highest BCUT2D eigenvalue weighted by Crippen LogP contribution is 2.44. The van der Waals surface area contributed by atoms with Crippen LogP contribution in [-0.4, -0.2) is 23.1 Å². The second kappa shape index (κ2) is 2.99. The summed E-state index contributed by atoms with van der Waals surface area (Å²) in [5.41, 5.74) is 1.05. The molecule has 0 atom stereocenters. The summed E-state index contributed by atoms with van der Waals surface area (Å²) in [6.07, 6.45) is 1.91. The molecule has 0 radical (unpaired) electrons. The molecule has 1 aromatic rings. The summed E-state index contributed by atoms with van der Waals surface area (Å²) in [5, 5.41) is 0. The van der Waals surface area contributed by atoms with Gasteiger partial charge in [0.15, 0.2) is 0 Å².